The first kappa shape index (κ1) is 15.3. The smallest absolute Gasteiger partial charge is 0.105 e. The SMILES string of the molecule is Cc1occc1CN(C)C(C)CCCNC(C)C. The molecule has 0 saturated heterocycles. The third-order valence-electron chi connectivity index (χ3n) is 3.49. The van der Waals surface area contributed by atoms with Crippen LogP contribution in [0.2, 0.25) is 0 Å². The molecule has 18 heavy (non-hydrogen) atoms. The number of rotatable bonds is 8. The second kappa shape index (κ2) is 7.59. The molecule has 0 spiro atoms. The summed E-state index contributed by atoms with van der Waals surface area (Å²) in [5.74, 6) is 1.04. The lowest BCUT2D eigenvalue weighted by Gasteiger charge is -2.24. The van der Waals surface area contributed by atoms with Crippen LogP contribution in [0.25, 0.3) is 0 Å². The van der Waals surface area contributed by atoms with Gasteiger partial charge in [-0.2, -0.15) is 0 Å². The molecule has 0 radical (unpaired) electrons. The van der Waals surface area contributed by atoms with Gasteiger partial charge in [-0.15, -0.1) is 0 Å². The van der Waals surface area contributed by atoms with Gasteiger partial charge >= 0.3 is 0 Å². The average molecular weight is 252 g/mol. The van der Waals surface area contributed by atoms with Crippen LogP contribution in [0.5, 0.6) is 0 Å². The minimum atomic E-state index is 0.589. The van der Waals surface area contributed by atoms with Crippen molar-refractivity contribution >= 4 is 0 Å². The molecule has 1 heterocycles. The Morgan fingerprint density at radius 1 is 1.33 bits per heavy atom. The molecule has 0 aromatic carbocycles. The number of furan rings is 1. The highest BCUT2D eigenvalue weighted by molar-refractivity contribution is 5.15. The van der Waals surface area contributed by atoms with E-state index in [0.29, 0.717) is 12.1 Å². The van der Waals surface area contributed by atoms with E-state index in [4.69, 9.17) is 4.42 Å². The van der Waals surface area contributed by atoms with Crippen LogP contribution in [-0.4, -0.2) is 30.6 Å². The lowest BCUT2D eigenvalue weighted by Crippen LogP contribution is -2.30. The zero-order chi connectivity index (χ0) is 13.5. The first-order valence-electron chi connectivity index (χ1n) is 6.97. The summed E-state index contributed by atoms with van der Waals surface area (Å²) in [6.07, 6.45) is 4.23. The molecule has 0 aliphatic rings. The van der Waals surface area contributed by atoms with Crippen LogP contribution in [0.1, 0.15) is 44.9 Å². The fourth-order valence-electron chi connectivity index (χ4n) is 2.01. The first-order chi connectivity index (χ1) is 8.50. The molecule has 0 saturated carbocycles. The Kier molecular flexibility index (Phi) is 6.44. The van der Waals surface area contributed by atoms with Crippen molar-refractivity contribution in [3.63, 3.8) is 0 Å². The van der Waals surface area contributed by atoms with Crippen molar-refractivity contribution in [1.82, 2.24) is 10.2 Å². The lowest BCUT2D eigenvalue weighted by atomic mass is 10.1. The minimum Gasteiger partial charge on any atom is -0.469 e. The van der Waals surface area contributed by atoms with Crippen LogP contribution < -0.4 is 5.32 Å². The third kappa shape index (κ3) is 5.23. The van der Waals surface area contributed by atoms with Crippen LogP contribution in [0.3, 0.4) is 0 Å². The van der Waals surface area contributed by atoms with E-state index in [2.05, 4.69) is 44.1 Å². The molecule has 0 bridgehead atoms. The van der Waals surface area contributed by atoms with E-state index in [1.807, 2.05) is 6.92 Å². The largest absolute Gasteiger partial charge is 0.469 e. The van der Waals surface area contributed by atoms with Gasteiger partial charge in [-0.3, -0.25) is 4.90 Å². The Morgan fingerprint density at radius 3 is 2.61 bits per heavy atom. The standard InChI is InChI=1S/C15H28N2O/c1-12(2)16-9-6-7-13(3)17(5)11-15-8-10-18-14(15)4/h8,10,12-13,16H,6-7,9,11H2,1-5H3. The van der Waals surface area contributed by atoms with Crippen molar-refractivity contribution in [2.45, 2.75) is 59.2 Å². The molecule has 1 aromatic heterocycles. The molecule has 104 valence electrons. The van der Waals surface area contributed by atoms with Gasteiger partial charge < -0.3 is 9.73 Å². The summed E-state index contributed by atoms with van der Waals surface area (Å²) in [5, 5.41) is 3.46. The molecule has 1 rings (SSSR count). The highest BCUT2D eigenvalue weighted by Gasteiger charge is 2.11. The van der Waals surface area contributed by atoms with E-state index in [1.54, 1.807) is 6.26 Å². The molecule has 0 aliphatic carbocycles. The van der Waals surface area contributed by atoms with Crippen LogP contribution in [-0.2, 0) is 6.54 Å². The Bertz CT molecular complexity index is 333. The predicted molar refractivity (Wildman–Crippen MR) is 76.7 cm³/mol. The van der Waals surface area contributed by atoms with Crippen molar-refractivity contribution in [3.8, 4) is 0 Å². The highest BCUT2D eigenvalue weighted by atomic mass is 16.3. The minimum absolute atomic E-state index is 0.589. The molecular weight excluding hydrogens is 224 g/mol. The zero-order valence-electron chi connectivity index (χ0n) is 12.5. The molecule has 3 heteroatoms. The van der Waals surface area contributed by atoms with Gasteiger partial charge in [0.15, 0.2) is 0 Å². The molecule has 0 fully saturated rings. The van der Waals surface area contributed by atoms with Gasteiger partial charge in [-0.25, -0.2) is 0 Å². The van der Waals surface area contributed by atoms with Gasteiger partial charge in [-0.1, -0.05) is 13.8 Å². The summed E-state index contributed by atoms with van der Waals surface area (Å²) in [5.41, 5.74) is 1.30. The van der Waals surface area contributed by atoms with Crippen molar-refractivity contribution < 1.29 is 4.42 Å². The third-order valence-corrected chi connectivity index (χ3v) is 3.49. The van der Waals surface area contributed by atoms with E-state index < -0.39 is 0 Å². The normalized spacial score (nSPS) is 13.5. The van der Waals surface area contributed by atoms with E-state index in [-0.39, 0.29) is 0 Å². The van der Waals surface area contributed by atoms with Crippen LogP contribution >= 0.6 is 0 Å². The summed E-state index contributed by atoms with van der Waals surface area (Å²) in [4.78, 5) is 2.40. The summed E-state index contributed by atoms with van der Waals surface area (Å²) < 4.78 is 5.33. The van der Waals surface area contributed by atoms with Gasteiger partial charge in [0.1, 0.15) is 5.76 Å². The number of hydrogen-bond donors (Lipinski definition) is 1. The fraction of sp³-hybridized carbons (Fsp3) is 0.733. The van der Waals surface area contributed by atoms with E-state index >= 15 is 0 Å². The topological polar surface area (TPSA) is 28.4 Å². The van der Waals surface area contributed by atoms with E-state index in [0.717, 1.165) is 18.8 Å². The Morgan fingerprint density at radius 2 is 2.06 bits per heavy atom. The first-order valence-corrected chi connectivity index (χ1v) is 6.97. The average Bonchev–Trinajstić information content (AvgIpc) is 2.70. The second-order valence-electron chi connectivity index (χ2n) is 5.52. The molecule has 1 aromatic rings. The maximum absolute atomic E-state index is 5.33. The maximum Gasteiger partial charge on any atom is 0.105 e. The second-order valence-corrected chi connectivity index (χ2v) is 5.52. The number of aryl methyl sites for hydroxylation is 1. The van der Waals surface area contributed by atoms with Gasteiger partial charge in [0.25, 0.3) is 0 Å². The summed E-state index contributed by atoms with van der Waals surface area (Å²) in [6.45, 7) is 10.8. The highest BCUT2D eigenvalue weighted by Crippen LogP contribution is 2.14. The zero-order valence-corrected chi connectivity index (χ0v) is 12.5. The molecule has 1 N–H and O–H groups in total. The van der Waals surface area contributed by atoms with E-state index in [9.17, 15) is 0 Å². The van der Waals surface area contributed by atoms with Crippen molar-refractivity contribution in [2.75, 3.05) is 13.6 Å². The summed E-state index contributed by atoms with van der Waals surface area (Å²) in [6, 6.07) is 3.26. The fourth-order valence-corrected chi connectivity index (χ4v) is 2.01. The van der Waals surface area contributed by atoms with Gasteiger partial charge in [-0.05, 0) is 46.3 Å². The van der Waals surface area contributed by atoms with Crippen LogP contribution in [0, 0.1) is 6.92 Å². The summed E-state index contributed by atoms with van der Waals surface area (Å²) in [7, 11) is 2.19. The van der Waals surface area contributed by atoms with Crippen LogP contribution in [0.4, 0.5) is 0 Å². The van der Waals surface area contributed by atoms with Crippen molar-refractivity contribution in [2.24, 2.45) is 0 Å². The van der Waals surface area contributed by atoms with Gasteiger partial charge in [0.2, 0.25) is 0 Å². The van der Waals surface area contributed by atoms with Gasteiger partial charge in [0.05, 0.1) is 6.26 Å². The number of hydrogen-bond acceptors (Lipinski definition) is 3. The van der Waals surface area contributed by atoms with Crippen LogP contribution in [0.15, 0.2) is 16.7 Å². The Labute approximate surface area is 112 Å². The summed E-state index contributed by atoms with van der Waals surface area (Å²) >= 11 is 0. The number of nitrogens with one attached hydrogen (secondary N) is 1. The molecule has 3 nitrogen and oxygen atoms in total. The molecule has 0 aliphatic heterocycles. The molecule has 0 amide bonds. The predicted octanol–water partition coefficient (Wildman–Crippen LogP) is 3.19. The Balaban J connectivity index is 2.24. The number of nitrogens with zero attached hydrogens (tertiary/aromatic N) is 1. The quantitative estimate of drug-likeness (QED) is 0.720. The monoisotopic (exact) mass is 252 g/mol. The molecular formula is C15H28N2O. The molecule has 1 atom stereocenters. The lowest BCUT2D eigenvalue weighted by molar-refractivity contribution is 0.232. The molecule has 1 unspecified atom stereocenters. The maximum atomic E-state index is 5.33. The van der Waals surface area contributed by atoms with E-state index in [1.165, 1.54) is 18.4 Å². The Hall–Kier alpha value is -0.800. The van der Waals surface area contributed by atoms with Gasteiger partial charge in [0, 0.05) is 24.2 Å². The van der Waals surface area contributed by atoms with Crippen molar-refractivity contribution in [1.29, 1.82) is 0 Å². The van der Waals surface area contributed by atoms with Crippen molar-refractivity contribution in [3.05, 3.63) is 23.7 Å².